The van der Waals surface area contributed by atoms with Crippen LogP contribution in [0.4, 0.5) is 0 Å². The lowest BCUT2D eigenvalue weighted by Gasteiger charge is -2.44. The van der Waals surface area contributed by atoms with Gasteiger partial charge in [0, 0.05) is 6.04 Å². The molecular weight excluding hydrogens is 126 g/mol. The van der Waals surface area contributed by atoms with Gasteiger partial charge in [0.15, 0.2) is 0 Å². The van der Waals surface area contributed by atoms with Crippen LogP contribution in [-0.4, -0.2) is 12.6 Å². The van der Waals surface area contributed by atoms with Crippen molar-refractivity contribution in [3.05, 3.63) is 0 Å². The van der Waals surface area contributed by atoms with Crippen molar-refractivity contribution < 1.29 is 4.84 Å². The summed E-state index contributed by atoms with van der Waals surface area (Å²) in [6, 6.07) is 0.576. The van der Waals surface area contributed by atoms with Crippen molar-refractivity contribution in [1.82, 2.24) is 5.48 Å². The molecule has 10 heavy (non-hydrogen) atoms. The Bertz CT molecular complexity index is 112. The van der Waals surface area contributed by atoms with Crippen LogP contribution in [0, 0.1) is 5.41 Å². The number of nitrogens with one attached hydrogen (secondary N) is 1. The van der Waals surface area contributed by atoms with Crippen LogP contribution in [-0.2, 0) is 4.84 Å². The first-order valence-corrected chi connectivity index (χ1v) is 4.04. The molecule has 0 aromatic carbocycles. The molecular formula is C8H17NO. The topological polar surface area (TPSA) is 21.3 Å². The van der Waals surface area contributed by atoms with Crippen LogP contribution in [0.2, 0.25) is 0 Å². The average Bonchev–Trinajstić information content (AvgIpc) is 1.87. The third-order valence-electron chi connectivity index (χ3n) is 2.39. The Labute approximate surface area is 62.9 Å². The second-order valence-corrected chi connectivity index (χ2v) is 3.63. The summed E-state index contributed by atoms with van der Waals surface area (Å²) in [5.74, 6) is 0. The van der Waals surface area contributed by atoms with Crippen molar-refractivity contribution in [1.29, 1.82) is 0 Å². The van der Waals surface area contributed by atoms with E-state index < -0.39 is 0 Å². The van der Waals surface area contributed by atoms with Crippen molar-refractivity contribution in [3.8, 4) is 0 Å². The Morgan fingerprint density at radius 1 is 1.60 bits per heavy atom. The van der Waals surface area contributed by atoms with Gasteiger partial charge in [-0.2, -0.15) is 5.48 Å². The smallest absolute Gasteiger partial charge is 0.0654 e. The molecule has 0 bridgehead atoms. The summed E-state index contributed by atoms with van der Waals surface area (Å²) in [5, 5.41) is 0. The van der Waals surface area contributed by atoms with Crippen LogP contribution in [0.25, 0.3) is 0 Å². The lowest BCUT2D eigenvalue weighted by Crippen LogP contribution is -2.49. The van der Waals surface area contributed by atoms with Crippen LogP contribution >= 0.6 is 0 Å². The summed E-state index contributed by atoms with van der Waals surface area (Å²) in [5.41, 5.74) is 3.51. The Kier molecular flexibility index (Phi) is 2.32. The molecule has 1 atom stereocenters. The largest absolute Gasteiger partial charge is 0.302 e. The molecule has 1 saturated carbocycles. The van der Waals surface area contributed by atoms with Gasteiger partial charge in [0.25, 0.3) is 0 Å². The fourth-order valence-electron chi connectivity index (χ4n) is 1.27. The van der Waals surface area contributed by atoms with E-state index >= 15 is 0 Å². The quantitative estimate of drug-likeness (QED) is 0.607. The summed E-state index contributed by atoms with van der Waals surface area (Å²) in [6.07, 6.45) is 2.57. The summed E-state index contributed by atoms with van der Waals surface area (Å²) < 4.78 is 0. The van der Waals surface area contributed by atoms with Gasteiger partial charge >= 0.3 is 0 Å². The molecule has 60 valence electrons. The second kappa shape index (κ2) is 2.89. The SMILES string of the molecule is CCONC1CCC1(C)C. The van der Waals surface area contributed by atoms with E-state index in [1.165, 1.54) is 12.8 Å². The molecule has 1 fully saturated rings. The molecule has 2 heteroatoms. The van der Waals surface area contributed by atoms with E-state index in [4.69, 9.17) is 4.84 Å². The second-order valence-electron chi connectivity index (χ2n) is 3.63. The first kappa shape index (κ1) is 8.02. The predicted molar refractivity (Wildman–Crippen MR) is 41.6 cm³/mol. The zero-order valence-electron chi connectivity index (χ0n) is 7.11. The van der Waals surface area contributed by atoms with E-state index in [9.17, 15) is 0 Å². The van der Waals surface area contributed by atoms with Gasteiger partial charge in [-0.1, -0.05) is 13.8 Å². The van der Waals surface area contributed by atoms with Gasteiger partial charge in [-0.25, -0.2) is 0 Å². The Balaban J connectivity index is 2.17. The fraction of sp³-hybridized carbons (Fsp3) is 1.00. The minimum absolute atomic E-state index is 0.454. The summed E-state index contributed by atoms with van der Waals surface area (Å²) in [4.78, 5) is 5.12. The van der Waals surface area contributed by atoms with Crippen molar-refractivity contribution in [2.24, 2.45) is 5.41 Å². The third-order valence-corrected chi connectivity index (χ3v) is 2.39. The lowest BCUT2D eigenvalue weighted by molar-refractivity contribution is -0.0499. The van der Waals surface area contributed by atoms with Gasteiger partial charge in [0.1, 0.15) is 0 Å². The van der Waals surface area contributed by atoms with E-state index in [0.717, 1.165) is 6.61 Å². The molecule has 0 spiro atoms. The maximum Gasteiger partial charge on any atom is 0.0654 e. The average molecular weight is 143 g/mol. The number of hydroxylamine groups is 1. The molecule has 1 aliphatic rings. The summed E-state index contributed by atoms with van der Waals surface area (Å²) in [6.45, 7) is 7.30. The zero-order valence-corrected chi connectivity index (χ0v) is 7.11. The van der Waals surface area contributed by atoms with Crippen molar-refractivity contribution >= 4 is 0 Å². The van der Waals surface area contributed by atoms with Crippen LogP contribution < -0.4 is 5.48 Å². The Hall–Kier alpha value is -0.0800. The molecule has 0 saturated heterocycles. The van der Waals surface area contributed by atoms with Gasteiger partial charge in [-0.3, -0.25) is 0 Å². The molecule has 0 aromatic rings. The monoisotopic (exact) mass is 143 g/mol. The first-order valence-electron chi connectivity index (χ1n) is 4.04. The summed E-state index contributed by atoms with van der Waals surface area (Å²) >= 11 is 0. The van der Waals surface area contributed by atoms with E-state index in [2.05, 4.69) is 19.3 Å². The highest BCUT2D eigenvalue weighted by atomic mass is 16.6. The number of rotatable bonds is 3. The zero-order chi connectivity index (χ0) is 7.61. The molecule has 1 unspecified atom stereocenters. The van der Waals surface area contributed by atoms with Crippen molar-refractivity contribution in [2.75, 3.05) is 6.61 Å². The van der Waals surface area contributed by atoms with Crippen LogP contribution in [0.3, 0.4) is 0 Å². The van der Waals surface area contributed by atoms with Gasteiger partial charge in [0.2, 0.25) is 0 Å². The van der Waals surface area contributed by atoms with Crippen LogP contribution in [0.15, 0.2) is 0 Å². The molecule has 0 heterocycles. The lowest BCUT2D eigenvalue weighted by atomic mass is 9.68. The van der Waals surface area contributed by atoms with E-state index in [-0.39, 0.29) is 0 Å². The maximum atomic E-state index is 5.12. The van der Waals surface area contributed by atoms with E-state index in [1.54, 1.807) is 0 Å². The molecule has 1 rings (SSSR count). The molecule has 0 aliphatic heterocycles. The molecule has 0 aromatic heterocycles. The van der Waals surface area contributed by atoms with E-state index in [0.29, 0.717) is 11.5 Å². The van der Waals surface area contributed by atoms with Gasteiger partial charge < -0.3 is 4.84 Å². The number of hydrogen-bond donors (Lipinski definition) is 1. The summed E-state index contributed by atoms with van der Waals surface area (Å²) in [7, 11) is 0. The standard InChI is InChI=1S/C8H17NO/c1-4-10-9-7-5-6-8(7,2)3/h7,9H,4-6H2,1-3H3. The van der Waals surface area contributed by atoms with Crippen molar-refractivity contribution in [3.63, 3.8) is 0 Å². The highest BCUT2D eigenvalue weighted by Gasteiger charge is 2.38. The normalized spacial score (nSPS) is 29.7. The predicted octanol–water partition coefficient (Wildman–Crippen LogP) is 1.72. The Morgan fingerprint density at radius 3 is 2.60 bits per heavy atom. The minimum Gasteiger partial charge on any atom is -0.302 e. The Morgan fingerprint density at radius 2 is 2.30 bits per heavy atom. The van der Waals surface area contributed by atoms with Crippen LogP contribution in [0.5, 0.6) is 0 Å². The van der Waals surface area contributed by atoms with Crippen molar-refractivity contribution in [2.45, 2.75) is 39.7 Å². The maximum absolute atomic E-state index is 5.12. The molecule has 0 radical (unpaired) electrons. The highest BCUT2D eigenvalue weighted by Crippen LogP contribution is 2.39. The number of hydrogen-bond acceptors (Lipinski definition) is 2. The van der Waals surface area contributed by atoms with E-state index in [1.807, 2.05) is 6.92 Å². The first-order chi connectivity index (χ1) is 4.67. The third kappa shape index (κ3) is 1.50. The minimum atomic E-state index is 0.454. The molecule has 2 nitrogen and oxygen atoms in total. The van der Waals surface area contributed by atoms with Gasteiger partial charge in [-0.05, 0) is 25.2 Å². The van der Waals surface area contributed by atoms with Gasteiger partial charge in [-0.15, -0.1) is 0 Å². The molecule has 0 amide bonds. The van der Waals surface area contributed by atoms with Gasteiger partial charge in [0.05, 0.1) is 6.61 Å². The highest BCUT2D eigenvalue weighted by molar-refractivity contribution is 4.92. The fourth-order valence-corrected chi connectivity index (χ4v) is 1.27. The van der Waals surface area contributed by atoms with Crippen LogP contribution in [0.1, 0.15) is 33.6 Å². The molecule has 1 aliphatic carbocycles. The molecule has 1 N–H and O–H groups in total.